The van der Waals surface area contributed by atoms with E-state index in [1.165, 1.54) is 32.7 Å². The molecule has 0 saturated carbocycles. The van der Waals surface area contributed by atoms with Crippen molar-refractivity contribution in [3.8, 4) is 11.3 Å². The van der Waals surface area contributed by atoms with Crippen molar-refractivity contribution >= 4 is 32.4 Å². The van der Waals surface area contributed by atoms with Crippen LogP contribution in [0.5, 0.6) is 0 Å². The number of rotatable bonds is 1. The summed E-state index contributed by atoms with van der Waals surface area (Å²) in [6, 6.07) is 35.4. The number of pyridine rings is 2. The Labute approximate surface area is 213 Å². The van der Waals surface area contributed by atoms with E-state index >= 15 is 0 Å². The second-order valence-corrected chi connectivity index (χ2v) is 8.89. The normalized spacial score (nSPS) is 13.0. The summed E-state index contributed by atoms with van der Waals surface area (Å²) in [4.78, 5) is 8.86. The summed E-state index contributed by atoms with van der Waals surface area (Å²) in [7, 11) is 0. The second kappa shape index (κ2) is 8.76. The van der Waals surface area contributed by atoms with E-state index in [0.717, 1.165) is 22.2 Å². The molecule has 2 heterocycles. The topological polar surface area (TPSA) is 25.8 Å². The molecule has 0 amide bonds. The Morgan fingerprint density at radius 2 is 1.44 bits per heavy atom. The zero-order chi connectivity index (χ0) is 22.4. The molecule has 0 spiro atoms. The van der Waals surface area contributed by atoms with Gasteiger partial charge >= 0.3 is 0 Å². The molecule has 0 aliphatic heterocycles. The van der Waals surface area contributed by atoms with Gasteiger partial charge in [0.2, 0.25) is 0 Å². The van der Waals surface area contributed by atoms with Crippen molar-refractivity contribution in [2.75, 3.05) is 0 Å². The van der Waals surface area contributed by atoms with Crippen LogP contribution in [-0.4, -0.2) is 9.97 Å². The average molecular weight is 615 g/mol. The van der Waals surface area contributed by atoms with Crippen molar-refractivity contribution in [2.45, 2.75) is 19.3 Å². The Bertz CT molecular complexity index is 1500. The minimum atomic E-state index is 0. The molecule has 2 aromatic heterocycles. The van der Waals surface area contributed by atoms with Crippen LogP contribution >= 0.6 is 0 Å². The van der Waals surface area contributed by atoms with Gasteiger partial charge in [-0.3, -0.25) is 0 Å². The van der Waals surface area contributed by atoms with Crippen molar-refractivity contribution in [1.82, 2.24) is 9.97 Å². The van der Waals surface area contributed by atoms with E-state index in [4.69, 9.17) is 0 Å². The smallest absolute Gasteiger partial charge is 0.0161 e. The summed E-state index contributed by atoms with van der Waals surface area (Å²) in [5.74, 6) is 0. The van der Waals surface area contributed by atoms with E-state index in [-0.39, 0.29) is 25.5 Å². The van der Waals surface area contributed by atoms with Gasteiger partial charge in [0.05, 0.1) is 0 Å². The Kier molecular flexibility index (Phi) is 5.77. The fourth-order valence-corrected chi connectivity index (χ4v) is 5.07. The molecule has 167 valence electrons. The van der Waals surface area contributed by atoms with E-state index in [2.05, 4.69) is 66.3 Å². The van der Waals surface area contributed by atoms with E-state index < -0.39 is 0 Å². The van der Waals surface area contributed by atoms with Gasteiger partial charge in [-0.25, -0.2) is 0 Å². The third-order valence-corrected chi connectivity index (χ3v) is 6.64. The maximum absolute atomic E-state index is 4.64. The Hall–Kier alpha value is -3.39. The summed E-state index contributed by atoms with van der Waals surface area (Å²) in [5.41, 5.74) is 5.94. The van der Waals surface area contributed by atoms with Gasteiger partial charge in [-0.1, -0.05) is 55.6 Å². The minimum Gasteiger partial charge on any atom is -0.305 e. The van der Waals surface area contributed by atoms with Gasteiger partial charge in [-0.05, 0) is 50.5 Å². The number of fused-ring (bicyclic) bond motifs is 3. The molecule has 1 radical (unpaired) electrons. The van der Waals surface area contributed by atoms with Gasteiger partial charge in [0, 0.05) is 32.5 Å². The Morgan fingerprint density at radius 1 is 0.647 bits per heavy atom. The average Bonchev–Trinajstić information content (AvgIpc) is 3.13. The van der Waals surface area contributed by atoms with Crippen molar-refractivity contribution in [3.05, 3.63) is 121 Å². The summed E-state index contributed by atoms with van der Waals surface area (Å²) in [6.07, 6.45) is 3.66. The van der Waals surface area contributed by atoms with Crippen LogP contribution in [0.3, 0.4) is 0 Å². The fourth-order valence-electron chi connectivity index (χ4n) is 5.07. The molecule has 3 heteroatoms. The number of hydrogen-bond donors (Lipinski definition) is 0. The van der Waals surface area contributed by atoms with Crippen LogP contribution < -0.4 is 0 Å². The van der Waals surface area contributed by atoms with Gasteiger partial charge in [-0.15, -0.1) is 65.0 Å². The zero-order valence-electron chi connectivity index (χ0n) is 19.0. The monoisotopic (exact) mass is 615 g/mol. The van der Waals surface area contributed by atoms with Crippen LogP contribution in [-0.2, 0) is 25.5 Å². The summed E-state index contributed by atoms with van der Waals surface area (Å²) in [5, 5.41) is 6.44. The van der Waals surface area contributed by atoms with Crippen molar-refractivity contribution in [3.63, 3.8) is 0 Å². The molecule has 1 aliphatic rings. The second-order valence-electron chi connectivity index (χ2n) is 8.89. The van der Waals surface area contributed by atoms with Crippen molar-refractivity contribution in [2.24, 2.45) is 0 Å². The van der Waals surface area contributed by atoms with E-state index in [1.807, 2.05) is 60.8 Å². The molecule has 0 fully saturated rings. The molecule has 7 rings (SSSR count). The zero-order valence-corrected chi connectivity index (χ0v) is 21.4. The standard InChI is InChI=1S/C20H14N.C11H8N.Ir/c1-20(2)15-9-3-6-12-13-8-5-11-21-19(13)14-7-4-10-16(20)18(14)17(12)15;1-2-6-10(7-3-1)11-8-4-5-9-12-11;/h3-6,8-11H,1-2H3;1-6,8-9H;/q2*-1;. The summed E-state index contributed by atoms with van der Waals surface area (Å²) < 4.78 is 0. The molecule has 2 nitrogen and oxygen atoms in total. The van der Waals surface area contributed by atoms with Gasteiger partial charge in [0.25, 0.3) is 0 Å². The molecule has 0 unspecified atom stereocenters. The SMILES string of the molecule is CC1(C)c2cc[c-]c3c4ncccc4c4cccc1c4c23.[Ir].[c-]1ccccc1-c1ccccn1. The van der Waals surface area contributed by atoms with Gasteiger partial charge in [0.1, 0.15) is 0 Å². The number of benzene rings is 4. The van der Waals surface area contributed by atoms with E-state index in [9.17, 15) is 0 Å². The van der Waals surface area contributed by atoms with Crippen molar-refractivity contribution < 1.29 is 20.1 Å². The van der Waals surface area contributed by atoms with Gasteiger partial charge < -0.3 is 9.97 Å². The quantitative estimate of drug-likeness (QED) is 0.141. The van der Waals surface area contributed by atoms with E-state index in [1.54, 1.807) is 6.20 Å². The van der Waals surface area contributed by atoms with Gasteiger partial charge in [-0.2, -0.15) is 0 Å². The molecular weight excluding hydrogens is 593 g/mol. The van der Waals surface area contributed by atoms with Crippen LogP contribution in [0.1, 0.15) is 25.0 Å². The molecule has 0 N–H and O–H groups in total. The van der Waals surface area contributed by atoms with Crippen LogP contribution in [0.25, 0.3) is 43.7 Å². The number of aromatic nitrogens is 2. The fraction of sp³-hybridized carbons (Fsp3) is 0.0968. The molecule has 1 aliphatic carbocycles. The predicted octanol–water partition coefficient (Wildman–Crippen LogP) is 7.53. The molecule has 0 saturated heterocycles. The predicted molar refractivity (Wildman–Crippen MR) is 136 cm³/mol. The first-order valence-electron chi connectivity index (χ1n) is 11.2. The molecule has 0 bridgehead atoms. The first kappa shape index (κ1) is 22.4. The maximum atomic E-state index is 4.64. The molecule has 34 heavy (non-hydrogen) atoms. The van der Waals surface area contributed by atoms with Gasteiger partial charge in [0.15, 0.2) is 0 Å². The summed E-state index contributed by atoms with van der Waals surface area (Å²) >= 11 is 0. The van der Waals surface area contributed by atoms with Crippen LogP contribution in [0.2, 0.25) is 0 Å². The molecule has 6 aromatic rings. The van der Waals surface area contributed by atoms with E-state index in [0.29, 0.717) is 0 Å². The number of hydrogen-bond acceptors (Lipinski definition) is 2. The maximum Gasteiger partial charge on any atom is 0.0161 e. The first-order valence-corrected chi connectivity index (χ1v) is 11.2. The van der Waals surface area contributed by atoms with Crippen LogP contribution in [0, 0.1) is 12.1 Å². The largest absolute Gasteiger partial charge is 0.305 e. The Balaban J connectivity index is 0.000000159. The Morgan fingerprint density at radius 3 is 2.24 bits per heavy atom. The third kappa shape index (κ3) is 3.44. The molecule has 4 aromatic carbocycles. The minimum absolute atomic E-state index is 0. The molecular formula is C31H22IrN2-2. The first-order chi connectivity index (χ1) is 16.2. The third-order valence-electron chi connectivity index (χ3n) is 6.64. The summed E-state index contributed by atoms with van der Waals surface area (Å²) in [6.45, 7) is 4.63. The van der Waals surface area contributed by atoms with Crippen LogP contribution in [0.4, 0.5) is 0 Å². The molecule has 0 atom stereocenters. The van der Waals surface area contributed by atoms with Crippen LogP contribution in [0.15, 0.2) is 97.3 Å². The van der Waals surface area contributed by atoms with Crippen molar-refractivity contribution in [1.29, 1.82) is 0 Å². The number of nitrogens with zero attached hydrogens (tertiary/aromatic N) is 2.